The lowest BCUT2D eigenvalue weighted by Crippen LogP contribution is -2.50. The molecule has 0 bridgehead atoms. The van der Waals surface area contributed by atoms with Gasteiger partial charge in [-0.2, -0.15) is 0 Å². The number of benzene rings is 2. The Kier molecular flexibility index (Phi) is 7.76. The number of nitrogens with one attached hydrogen (secondary N) is 1. The molecule has 0 spiro atoms. The number of carbonyl (C=O) groups excluding carboxylic acids is 3. The van der Waals surface area contributed by atoms with Crippen molar-refractivity contribution in [2.75, 3.05) is 6.54 Å². The maximum absolute atomic E-state index is 13.3. The molecule has 0 saturated carbocycles. The first-order chi connectivity index (χ1) is 16.1. The summed E-state index contributed by atoms with van der Waals surface area (Å²) in [5.74, 6) is -1.34. The van der Waals surface area contributed by atoms with Crippen LogP contribution in [0.25, 0.3) is 0 Å². The highest BCUT2D eigenvalue weighted by Crippen LogP contribution is 2.30. The third kappa shape index (κ3) is 5.30. The molecule has 1 heterocycles. The molecule has 0 fully saturated rings. The van der Waals surface area contributed by atoms with Crippen LogP contribution in [0.3, 0.4) is 0 Å². The number of hydrogen-bond donors (Lipinski definition) is 1. The van der Waals surface area contributed by atoms with Crippen molar-refractivity contribution in [2.45, 2.75) is 64.1 Å². The lowest BCUT2D eigenvalue weighted by Gasteiger charge is -2.30. The fourth-order valence-corrected chi connectivity index (χ4v) is 5.30. The van der Waals surface area contributed by atoms with Gasteiger partial charge >= 0.3 is 0 Å². The minimum atomic E-state index is -4.00. The smallest absolute Gasteiger partial charge is 0.269 e. The number of sulfonamides is 1. The molecule has 34 heavy (non-hydrogen) atoms. The van der Waals surface area contributed by atoms with E-state index in [0.717, 1.165) is 21.9 Å². The van der Waals surface area contributed by atoms with E-state index in [2.05, 4.69) is 5.32 Å². The van der Waals surface area contributed by atoms with Gasteiger partial charge in [-0.1, -0.05) is 48.9 Å². The molecule has 1 N–H and O–H groups in total. The van der Waals surface area contributed by atoms with E-state index in [0.29, 0.717) is 0 Å². The summed E-state index contributed by atoms with van der Waals surface area (Å²) >= 11 is 0. The van der Waals surface area contributed by atoms with Crippen molar-refractivity contribution in [3.63, 3.8) is 0 Å². The summed E-state index contributed by atoms with van der Waals surface area (Å²) in [6, 6.07) is 12.8. The van der Waals surface area contributed by atoms with E-state index in [1.807, 2.05) is 45.0 Å². The molecule has 0 unspecified atom stereocenters. The molecule has 9 heteroatoms. The van der Waals surface area contributed by atoms with Crippen LogP contribution in [0.2, 0.25) is 0 Å². The highest BCUT2D eigenvalue weighted by Gasteiger charge is 2.41. The van der Waals surface area contributed by atoms with Gasteiger partial charge in [0.1, 0.15) is 10.9 Å². The molecule has 8 nitrogen and oxygen atoms in total. The Labute approximate surface area is 201 Å². The molecular weight excluding hydrogens is 454 g/mol. The molecule has 2 atom stereocenters. The van der Waals surface area contributed by atoms with E-state index in [-0.39, 0.29) is 41.9 Å². The van der Waals surface area contributed by atoms with Gasteiger partial charge in [-0.15, -0.1) is 0 Å². The largest absolute Gasteiger partial charge is 0.352 e. The van der Waals surface area contributed by atoms with Gasteiger partial charge in [0, 0.05) is 25.6 Å². The van der Waals surface area contributed by atoms with Crippen LogP contribution in [0.5, 0.6) is 0 Å². The van der Waals surface area contributed by atoms with Crippen molar-refractivity contribution in [3.05, 3.63) is 65.2 Å². The Hall–Kier alpha value is -3.20. The third-order valence-electron chi connectivity index (χ3n) is 6.08. The predicted molar refractivity (Wildman–Crippen MR) is 128 cm³/mol. The normalized spacial score (nSPS) is 16.0. The quantitative estimate of drug-likeness (QED) is 0.588. The number of aryl methyl sites for hydroxylation is 1. The lowest BCUT2D eigenvalue weighted by atomic mass is 10.1. The van der Waals surface area contributed by atoms with Gasteiger partial charge in [0.2, 0.25) is 11.8 Å². The summed E-state index contributed by atoms with van der Waals surface area (Å²) in [7, 11) is -4.00. The summed E-state index contributed by atoms with van der Waals surface area (Å²) in [5.41, 5.74) is 2.02. The van der Waals surface area contributed by atoms with Gasteiger partial charge in [-0.25, -0.2) is 12.7 Å². The zero-order valence-corrected chi connectivity index (χ0v) is 20.8. The Bertz CT molecular complexity index is 1180. The fourth-order valence-electron chi connectivity index (χ4n) is 3.73. The molecule has 0 radical (unpaired) electrons. The van der Waals surface area contributed by atoms with Crippen molar-refractivity contribution in [1.29, 1.82) is 0 Å². The summed E-state index contributed by atoms with van der Waals surface area (Å²) < 4.78 is 26.4. The van der Waals surface area contributed by atoms with E-state index in [4.69, 9.17) is 0 Å². The fraction of sp³-hybridized carbons (Fsp3) is 0.400. The number of nitrogens with zero attached hydrogens (tertiary/aromatic N) is 2. The molecule has 3 rings (SSSR count). The molecule has 0 aromatic heterocycles. The minimum absolute atomic E-state index is 0.0443. The molecular formula is C25H31N3O5S. The number of carbonyl (C=O) groups is 3. The minimum Gasteiger partial charge on any atom is -0.352 e. The standard InChI is InChI=1S/C25H31N3O5S/c1-5-18(3)26-24(30)19(4)27(16-20-12-10-17(2)11-13-20)23(29)14-15-28-25(31)21-8-6-7-9-22(21)34(28,32)33/h6-13,18-19H,5,14-16H2,1-4H3,(H,26,30)/t18-,19-/m0/s1. The Morgan fingerprint density at radius 3 is 2.32 bits per heavy atom. The van der Waals surface area contributed by atoms with E-state index in [9.17, 15) is 22.8 Å². The molecule has 1 aliphatic rings. The first kappa shape index (κ1) is 25.4. The van der Waals surface area contributed by atoms with E-state index >= 15 is 0 Å². The Morgan fingerprint density at radius 1 is 1.06 bits per heavy atom. The van der Waals surface area contributed by atoms with Crippen molar-refractivity contribution in [3.8, 4) is 0 Å². The van der Waals surface area contributed by atoms with Crippen molar-refractivity contribution in [2.24, 2.45) is 0 Å². The van der Waals surface area contributed by atoms with Crippen LogP contribution in [0.15, 0.2) is 53.4 Å². The maximum Gasteiger partial charge on any atom is 0.269 e. The van der Waals surface area contributed by atoms with Crippen molar-refractivity contribution in [1.82, 2.24) is 14.5 Å². The first-order valence-corrected chi connectivity index (χ1v) is 12.8. The Morgan fingerprint density at radius 2 is 1.71 bits per heavy atom. The average molecular weight is 486 g/mol. The topological polar surface area (TPSA) is 104 Å². The van der Waals surface area contributed by atoms with Crippen LogP contribution < -0.4 is 5.32 Å². The third-order valence-corrected chi connectivity index (χ3v) is 7.92. The molecule has 0 saturated heterocycles. The molecule has 2 aromatic carbocycles. The highest BCUT2D eigenvalue weighted by atomic mass is 32.2. The van der Waals surface area contributed by atoms with Gasteiger partial charge in [0.05, 0.1) is 5.56 Å². The lowest BCUT2D eigenvalue weighted by molar-refractivity contribution is -0.140. The number of hydrogen-bond acceptors (Lipinski definition) is 5. The van der Waals surface area contributed by atoms with Gasteiger partial charge in [-0.05, 0) is 44.9 Å². The molecule has 2 aromatic rings. The highest BCUT2D eigenvalue weighted by molar-refractivity contribution is 7.90. The summed E-state index contributed by atoms with van der Waals surface area (Å²) in [6.07, 6.45) is 0.519. The number of rotatable bonds is 9. The van der Waals surface area contributed by atoms with Crippen LogP contribution in [-0.4, -0.2) is 54.0 Å². The zero-order chi connectivity index (χ0) is 25.0. The van der Waals surface area contributed by atoms with Crippen LogP contribution in [0.4, 0.5) is 0 Å². The van der Waals surface area contributed by atoms with Gasteiger partial charge in [0.15, 0.2) is 0 Å². The average Bonchev–Trinajstić information content (AvgIpc) is 3.01. The predicted octanol–water partition coefficient (Wildman–Crippen LogP) is 2.86. The second kappa shape index (κ2) is 10.4. The molecule has 0 aliphatic carbocycles. The van der Waals surface area contributed by atoms with Crippen LogP contribution in [-0.2, 0) is 26.2 Å². The maximum atomic E-state index is 13.3. The molecule has 1 aliphatic heterocycles. The summed E-state index contributed by atoms with van der Waals surface area (Å²) in [6.45, 7) is 7.35. The summed E-state index contributed by atoms with van der Waals surface area (Å²) in [4.78, 5) is 40.1. The van der Waals surface area contributed by atoms with Gasteiger partial charge < -0.3 is 10.2 Å². The van der Waals surface area contributed by atoms with E-state index in [1.165, 1.54) is 17.0 Å². The van der Waals surface area contributed by atoms with Crippen molar-refractivity contribution >= 4 is 27.7 Å². The van der Waals surface area contributed by atoms with Gasteiger partial charge in [-0.3, -0.25) is 14.4 Å². The van der Waals surface area contributed by atoms with Crippen molar-refractivity contribution < 1.29 is 22.8 Å². The first-order valence-electron chi connectivity index (χ1n) is 11.4. The van der Waals surface area contributed by atoms with Gasteiger partial charge in [0.25, 0.3) is 15.9 Å². The van der Waals surface area contributed by atoms with E-state index in [1.54, 1.807) is 19.1 Å². The van der Waals surface area contributed by atoms with Crippen LogP contribution in [0.1, 0.15) is 55.1 Å². The van der Waals surface area contributed by atoms with Crippen LogP contribution in [0, 0.1) is 6.92 Å². The summed E-state index contributed by atoms with van der Waals surface area (Å²) in [5, 5.41) is 2.90. The SMILES string of the molecule is CC[C@H](C)NC(=O)[C@H](C)N(Cc1ccc(C)cc1)C(=O)CCN1C(=O)c2ccccc2S1(=O)=O. The van der Waals surface area contributed by atoms with E-state index < -0.39 is 27.9 Å². The second-order valence-electron chi connectivity index (χ2n) is 8.63. The Balaban J connectivity index is 1.79. The number of amides is 3. The molecule has 3 amide bonds. The monoisotopic (exact) mass is 485 g/mol. The second-order valence-corrected chi connectivity index (χ2v) is 10.5. The zero-order valence-electron chi connectivity index (χ0n) is 19.9. The van der Waals surface area contributed by atoms with Crippen LogP contribution >= 0.6 is 0 Å². The number of fused-ring (bicyclic) bond motifs is 1. The molecule has 182 valence electrons.